The number of primary amides is 1. The second-order valence-electron chi connectivity index (χ2n) is 1.31. The molecule has 0 aliphatic heterocycles. The molecule has 0 aliphatic rings. The molecule has 4 heteroatoms. The highest BCUT2D eigenvalue weighted by Crippen LogP contribution is 1.79. The van der Waals surface area contributed by atoms with E-state index < -0.39 is 6.03 Å². The van der Waals surface area contributed by atoms with Crippen LogP contribution in [0.3, 0.4) is 0 Å². The third kappa shape index (κ3) is 2.30. The monoisotopic (exact) mass is 141 g/mol. The summed E-state index contributed by atoms with van der Waals surface area (Å²) >= 11 is 0. The molecule has 4 nitrogen and oxygen atoms in total. The van der Waals surface area contributed by atoms with E-state index in [0.717, 1.165) is 0 Å². The minimum atomic E-state index is -0.512. The van der Waals surface area contributed by atoms with Crippen molar-refractivity contribution < 1.29 is 4.79 Å². The van der Waals surface area contributed by atoms with Crippen LogP contribution in [0.25, 0.3) is 0 Å². The first kappa shape index (κ1) is 8.68. The molecule has 1 rings (SSSR count). The maximum absolute atomic E-state index is 10.2. The van der Waals surface area contributed by atoms with Crippen molar-refractivity contribution >= 4 is 6.03 Å². The van der Waals surface area contributed by atoms with Crippen LogP contribution in [0.5, 0.6) is 0 Å². The number of nitrogens with two attached hydrogens (primary N) is 1. The Morgan fingerprint density at radius 1 is 1.60 bits per heavy atom. The van der Waals surface area contributed by atoms with Gasteiger partial charge in [-0.15, -0.1) is 0 Å². The standard InChI is InChI=1S/C4H5N3O.C2H6/c5-4(8)7-2-1-6-3-7;1-2/h1-3H,(H2,5,8);1-2H3. The first-order valence-electron chi connectivity index (χ1n) is 3.08. The van der Waals surface area contributed by atoms with Gasteiger partial charge in [-0.25, -0.2) is 9.78 Å². The van der Waals surface area contributed by atoms with E-state index in [2.05, 4.69) is 4.98 Å². The molecule has 1 amide bonds. The fraction of sp³-hybridized carbons (Fsp3) is 0.333. The molecule has 0 saturated carbocycles. The van der Waals surface area contributed by atoms with Gasteiger partial charge >= 0.3 is 6.03 Å². The van der Waals surface area contributed by atoms with Gasteiger partial charge in [-0.05, 0) is 0 Å². The molecule has 0 atom stereocenters. The third-order valence-corrected chi connectivity index (χ3v) is 0.759. The van der Waals surface area contributed by atoms with Crippen molar-refractivity contribution in [3.63, 3.8) is 0 Å². The molecule has 0 spiro atoms. The Balaban J connectivity index is 0.000000371. The van der Waals surface area contributed by atoms with E-state index in [1.54, 1.807) is 0 Å². The Morgan fingerprint density at radius 3 is 2.40 bits per heavy atom. The van der Waals surface area contributed by atoms with Crippen molar-refractivity contribution in [3.05, 3.63) is 18.7 Å². The average molecular weight is 141 g/mol. The highest BCUT2D eigenvalue weighted by Gasteiger charge is 1.91. The van der Waals surface area contributed by atoms with Crippen LogP contribution in [0, 0.1) is 0 Å². The number of rotatable bonds is 0. The Morgan fingerprint density at radius 2 is 2.20 bits per heavy atom. The molecule has 0 bridgehead atoms. The van der Waals surface area contributed by atoms with Crippen LogP contribution in [0.2, 0.25) is 0 Å². The molecule has 0 aliphatic carbocycles. The SMILES string of the molecule is CC.NC(=O)n1ccnc1. The second-order valence-corrected chi connectivity index (χ2v) is 1.31. The van der Waals surface area contributed by atoms with Gasteiger partial charge in [-0.3, -0.25) is 4.57 Å². The molecule has 1 aromatic rings. The summed E-state index contributed by atoms with van der Waals surface area (Å²) in [6.45, 7) is 4.00. The number of imidazole rings is 1. The lowest BCUT2D eigenvalue weighted by Crippen LogP contribution is -2.17. The van der Waals surface area contributed by atoms with Crippen LogP contribution in [0.4, 0.5) is 4.79 Å². The predicted molar refractivity (Wildman–Crippen MR) is 38.6 cm³/mol. The van der Waals surface area contributed by atoms with Crippen molar-refractivity contribution in [1.29, 1.82) is 0 Å². The van der Waals surface area contributed by atoms with Gasteiger partial charge < -0.3 is 5.73 Å². The summed E-state index contributed by atoms with van der Waals surface area (Å²) in [6, 6.07) is -0.512. The van der Waals surface area contributed by atoms with E-state index >= 15 is 0 Å². The van der Waals surface area contributed by atoms with E-state index in [1.165, 1.54) is 23.3 Å². The molecule has 0 radical (unpaired) electrons. The van der Waals surface area contributed by atoms with Gasteiger partial charge in [0.1, 0.15) is 6.33 Å². The first-order chi connectivity index (χ1) is 4.80. The summed E-state index contributed by atoms with van der Waals surface area (Å²) in [6.07, 6.45) is 4.33. The molecule has 0 fully saturated rings. The maximum Gasteiger partial charge on any atom is 0.324 e. The number of carbonyl (C=O) groups excluding carboxylic acids is 1. The van der Waals surface area contributed by atoms with Gasteiger partial charge in [0.25, 0.3) is 0 Å². The maximum atomic E-state index is 10.2. The van der Waals surface area contributed by atoms with Crippen LogP contribution in [0.15, 0.2) is 18.7 Å². The summed E-state index contributed by atoms with van der Waals surface area (Å²) in [5.41, 5.74) is 4.84. The molecule has 10 heavy (non-hydrogen) atoms. The summed E-state index contributed by atoms with van der Waals surface area (Å²) in [4.78, 5) is 13.8. The van der Waals surface area contributed by atoms with Gasteiger partial charge in [0, 0.05) is 12.4 Å². The average Bonchev–Trinajstić information content (AvgIpc) is 2.42. The second kappa shape index (κ2) is 4.55. The fourth-order valence-electron chi connectivity index (χ4n) is 0.389. The molecular formula is C6H11N3O. The van der Waals surface area contributed by atoms with E-state index in [0.29, 0.717) is 0 Å². The number of aromatic nitrogens is 2. The van der Waals surface area contributed by atoms with Crippen LogP contribution in [-0.4, -0.2) is 15.6 Å². The van der Waals surface area contributed by atoms with Crippen molar-refractivity contribution in [2.24, 2.45) is 5.73 Å². The normalized spacial score (nSPS) is 7.80. The Kier molecular flexibility index (Phi) is 3.95. The van der Waals surface area contributed by atoms with Crippen LogP contribution < -0.4 is 5.73 Å². The van der Waals surface area contributed by atoms with Gasteiger partial charge in [-0.2, -0.15) is 0 Å². The third-order valence-electron chi connectivity index (χ3n) is 0.759. The van der Waals surface area contributed by atoms with Crippen molar-refractivity contribution in [2.45, 2.75) is 13.8 Å². The number of nitrogens with zero attached hydrogens (tertiary/aromatic N) is 2. The summed E-state index contributed by atoms with van der Waals surface area (Å²) in [5.74, 6) is 0. The smallest absolute Gasteiger partial charge is 0.324 e. The lowest BCUT2D eigenvalue weighted by atomic mass is 10.9. The molecule has 0 saturated heterocycles. The number of hydrogen-bond acceptors (Lipinski definition) is 2. The highest BCUT2D eigenvalue weighted by molar-refractivity contribution is 5.74. The lowest BCUT2D eigenvalue weighted by Gasteiger charge is -1.87. The Bertz CT molecular complexity index is 181. The molecular weight excluding hydrogens is 130 g/mol. The van der Waals surface area contributed by atoms with Crippen LogP contribution in [0.1, 0.15) is 13.8 Å². The predicted octanol–water partition coefficient (Wildman–Crippen LogP) is 0.836. The molecule has 0 aromatic carbocycles. The van der Waals surface area contributed by atoms with Gasteiger partial charge in [0.2, 0.25) is 0 Å². The van der Waals surface area contributed by atoms with Crippen molar-refractivity contribution in [1.82, 2.24) is 9.55 Å². The molecule has 2 N–H and O–H groups in total. The van der Waals surface area contributed by atoms with Crippen LogP contribution in [-0.2, 0) is 0 Å². The van der Waals surface area contributed by atoms with E-state index in [9.17, 15) is 4.79 Å². The quantitative estimate of drug-likeness (QED) is 0.581. The zero-order valence-electron chi connectivity index (χ0n) is 6.11. The van der Waals surface area contributed by atoms with Crippen molar-refractivity contribution in [2.75, 3.05) is 0 Å². The van der Waals surface area contributed by atoms with E-state index in [1.807, 2.05) is 13.8 Å². The minimum absolute atomic E-state index is 0.512. The number of hydrogen-bond donors (Lipinski definition) is 1. The Labute approximate surface area is 59.7 Å². The topological polar surface area (TPSA) is 60.9 Å². The summed E-state index contributed by atoms with van der Waals surface area (Å²) in [5, 5.41) is 0. The number of amides is 1. The van der Waals surface area contributed by atoms with Gasteiger partial charge in [-0.1, -0.05) is 13.8 Å². The van der Waals surface area contributed by atoms with Gasteiger partial charge in [0.05, 0.1) is 0 Å². The van der Waals surface area contributed by atoms with Crippen molar-refractivity contribution in [3.8, 4) is 0 Å². The molecule has 1 aromatic heterocycles. The van der Waals surface area contributed by atoms with Crippen LogP contribution >= 0.6 is 0 Å². The zero-order chi connectivity index (χ0) is 7.98. The summed E-state index contributed by atoms with van der Waals surface area (Å²) < 4.78 is 1.19. The zero-order valence-corrected chi connectivity index (χ0v) is 6.11. The first-order valence-corrected chi connectivity index (χ1v) is 3.08. The molecule has 0 unspecified atom stereocenters. The molecule has 1 heterocycles. The van der Waals surface area contributed by atoms with Gasteiger partial charge in [0.15, 0.2) is 0 Å². The lowest BCUT2D eigenvalue weighted by molar-refractivity contribution is 0.250. The summed E-state index contributed by atoms with van der Waals surface area (Å²) in [7, 11) is 0. The molecule has 56 valence electrons. The highest BCUT2D eigenvalue weighted by atomic mass is 16.2. The Hall–Kier alpha value is -1.32. The minimum Gasteiger partial charge on any atom is -0.351 e. The largest absolute Gasteiger partial charge is 0.351 e. The van der Waals surface area contributed by atoms with E-state index in [-0.39, 0.29) is 0 Å². The number of carbonyl (C=O) groups is 1. The fourth-order valence-corrected chi connectivity index (χ4v) is 0.389. The van der Waals surface area contributed by atoms with E-state index in [4.69, 9.17) is 5.73 Å².